The Bertz CT molecular complexity index is 250. The molecule has 0 saturated carbocycles. The van der Waals surface area contributed by atoms with Crippen LogP contribution in [-0.2, 0) is 4.79 Å². The second-order valence-electron chi connectivity index (χ2n) is 3.04. The SMILES string of the molecule is O=C1CC2=C(C=CCCC2)N1. The zero-order valence-corrected chi connectivity index (χ0v) is 6.39. The van der Waals surface area contributed by atoms with E-state index in [4.69, 9.17) is 0 Å². The molecule has 0 atom stereocenters. The summed E-state index contributed by atoms with van der Waals surface area (Å²) in [7, 11) is 0. The molecule has 1 heterocycles. The molecule has 2 nitrogen and oxygen atoms in total. The van der Waals surface area contributed by atoms with Crippen LogP contribution in [0.3, 0.4) is 0 Å². The van der Waals surface area contributed by atoms with Gasteiger partial charge in [-0.25, -0.2) is 0 Å². The minimum Gasteiger partial charge on any atom is -0.326 e. The smallest absolute Gasteiger partial charge is 0.228 e. The Kier molecular flexibility index (Phi) is 1.53. The number of carbonyl (C=O) groups is 1. The highest BCUT2D eigenvalue weighted by atomic mass is 16.1. The first kappa shape index (κ1) is 6.65. The van der Waals surface area contributed by atoms with E-state index in [1.807, 2.05) is 6.08 Å². The Morgan fingerprint density at radius 1 is 1.45 bits per heavy atom. The lowest BCUT2D eigenvalue weighted by Gasteiger charge is -1.95. The summed E-state index contributed by atoms with van der Waals surface area (Å²) in [6.07, 6.45) is 8.20. The first-order chi connectivity index (χ1) is 5.36. The van der Waals surface area contributed by atoms with Crippen molar-refractivity contribution < 1.29 is 4.79 Å². The van der Waals surface area contributed by atoms with Crippen LogP contribution in [-0.4, -0.2) is 5.91 Å². The minimum absolute atomic E-state index is 0.154. The molecule has 0 fully saturated rings. The van der Waals surface area contributed by atoms with Gasteiger partial charge in [-0.15, -0.1) is 0 Å². The Balaban J connectivity index is 2.25. The van der Waals surface area contributed by atoms with Crippen molar-refractivity contribution in [3.05, 3.63) is 23.4 Å². The Hall–Kier alpha value is -1.05. The molecule has 0 aromatic rings. The number of nitrogens with one attached hydrogen (secondary N) is 1. The van der Waals surface area contributed by atoms with Gasteiger partial charge < -0.3 is 5.32 Å². The predicted octanol–water partition coefficient (Wildman–Crippen LogP) is 1.50. The van der Waals surface area contributed by atoms with E-state index in [0.29, 0.717) is 6.42 Å². The zero-order chi connectivity index (χ0) is 7.68. The first-order valence-electron chi connectivity index (χ1n) is 4.05. The molecule has 58 valence electrons. The molecule has 1 N–H and O–H groups in total. The van der Waals surface area contributed by atoms with Crippen molar-refractivity contribution in [2.75, 3.05) is 0 Å². The van der Waals surface area contributed by atoms with Gasteiger partial charge in [-0.3, -0.25) is 4.79 Å². The third kappa shape index (κ3) is 1.20. The molecule has 11 heavy (non-hydrogen) atoms. The lowest BCUT2D eigenvalue weighted by atomic mass is 10.1. The van der Waals surface area contributed by atoms with E-state index < -0.39 is 0 Å². The van der Waals surface area contributed by atoms with Gasteiger partial charge in [0, 0.05) is 5.70 Å². The van der Waals surface area contributed by atoms with Crippen LogP contribution in [0.4, 0.5) is 0 Å². The zero-order valence-electron chi connectivity index (χ0n) is 6.39. The molecule has 1 amide bonds. The molecule has 0 spiro atoms. The molecule has 0 unspecified atom stereocenters. The molecule has 2 rings (SSSR count). The van der Waals surface area contributed by atoms with Gasteiger partial charge in [0.1, 0.15) is 0 Å². The molecule has 2 aliphatic rings. The van der Waals surface area contributed by atoms with Crippen LogP contribution in [0.25, 0.3) is 0 Å². The van der Waals surface area contributed by atoms with E-state index >= 15 is 0 Å². The maximum absolute atomic E-state index is 10.9. The van der Waals surface area contributed by atoms with Gasteiger partial charge >= 0.3 is 0 Å². The van der Waals surface area contributed by atoms with Crippen molar-refractivity contribution in [2.45, 2.75) is 25.7 Å². The normalized spacial score (nSPS) is 23.1. The highest BCUT2D eigenvalue weighted by Gasteiger charge is 2.19. The molecule has 1 aliphatic heterocycles. The first-order valence-corrected chi connectivity index (χ1v) is 4.05. The third-order valence-corrected chi connectivity index (χ3v) is 2.16. The summed E-state index contributed by atoms with van der Waals surface area (Å²) in [5, 5.41) is 2.85. The summed E-state index contributed by atoms with van der Waals surface area (Å²) >= 11 is 0. The van der Waals surface area contributed by atoms with Gasteiger partial charge in [0.05, 0.1) is 6.42 Å². The second kappa shape index (κ2) is 2.53. The van der Waals surface area contributed by atoms with E-state index in [9.17, 15) is 4.79 Å². The molecule has 0 bridgehead atoms. The van der Waals surface area contributed by atoms with Crippen LogP contribution in [0, 0.1) is 0 Å². The molecular formula is C9H11NO. The van der Waals surface area contributed by atoms with Crippen LogP contribution in [0.5, 0.6) is 0 Å². The fourth-order valence-electron chi connectivity index (χ4n) is 1.59. The van der Waals surface area contributed by atoms with Crippen molar-refractivity contribution in [1.82, 2.24) is 5.32 Å². The fourth-order valence-corrected chi connectivity index (χ4v) is 1.59. The average molecular weight is 149 g/mol. The number of allylic oxidation sites excluding steroid dienone is 2. The van der Waals surface area contributed by atoms with Gasteiger partial charge in [-0.2, -0.15) is 0 Å². The summed E-state index contributed by atoms with van der Waals surface area (Å²) in [6, 6.07) is 0. The maximum atomic E-state index is 10.9. The largest absolute Gasteiger partial charge is 0.326 e. The molecular weight excluding hydrogens is 138 g/mol. The average Bonchev–Trinajstić information content (AvgIpc) is 2.17. The molecule has 0 radical (unpaired) electrons. The molecule has 0 aromatic carbocycles. The van der Waals surface area contributed by atoms with Gasteiger partial charge in [-0.1, -0.05) is 6.08 Å². The summed E-state index contributed by atoms with van der Waals surface area (Å²) in [5.41, 5.74) is 2.36. The highest BCUT2D eigenvalue weighted by molar-refractivity contribution is 5.84. The van der Waals surface area contributed by atoms with Crippen LogP contribution in [0.15, 0.2) is 23.4 Å². The fraction of sp³-hybridized carbons (Fsp3) is 0.444. The van der Waals surface area contributed by atoms with Crippen molar-refractivity contribution in [3.8, 4) is 0 Å². The van der Waals surface area contributed by atoms with E-state index in [2.05, 4.69) is 11.4 Å². The van der Waals surface area contributed by atoms with E-state index in [1.54, 1.807) is 0 Å². The predicted molar refractivity (Wildman–Crippen MR) is 42.8 cm³/mol. The molecule has 1 aliphatic carbocycles. The maximum Gasteiger partial charge on any atom is 0.228 e. The number of hydrogen-bond acceptors (Lipinski definition) is 1. The number of amides is 1. The Morgan fingerprint density at radius 3 is 3.27 bits per heavy atom. The van der Waals surface area contributed by atoms with Crippen molar-refractivity contribution >= 4 is 5.91 Å². The quantitative estimate of drug-likeness (QED) is 0.555. The summed E-state index contributed by atoms with van der Waals surface area (Å²) < 4.78 is 0. The van der Waals surface area contributed by atoms with E-state index in [1.165, 1.54) is 12.0 Å². The molecule has 2 heteroatoms. The lowest BCUT2D eigenvalue weighted by molar-refractivity contribution is -0.118. The number of hydrogen-bond donors (Lipinski definition) is 1. The standard InChI is InChI=1S/C9H11NO/c11-9-6-7-4-2-1-3-5-8(7)10-9/h3,5H,1-2,4,6H2,(H,10,11). The van der Waals surface area contributed by atoms with Crippen molar-refractivity contribution in [2.24, 2.45) is 0 Å². The van der Waals surface area contributed by atoms with Gasteiger partial charge in [0.2, 0.25) is 5.91 Å². The van der Waals surface area contributed by atoms with Gasteiger partial charge in [0.15, 0.2) is 0 Å². The topological polar surface area (TPSA) is 29.1 Å². The molecule has 0 saturated heterocycles. The third-order valence-electron chi connectivity index (χ3n) is 2.16. The highest BCUT2D eigenvalue weighted by Crippen LogP contribution is 2.24. The van der Waals surface area contributed by atoms with Crippen molar-refractivity contribution in [1.29, 1.82) is 0 Å². The summed E-state index contributed by atoms with van der Waals surface area (Å²) in [6.45, 7) is 0. The lowest BCUT2D eigenvalue weighted by Crippen LogP contribution is -2.13. The van der Waals surface area contributed by atoms with Gasteiger partial charge in [-0.05, 0) is 30.9 Å². The van der Waals surface area contributed by atoms with Crippen LogP contribution in [0.1, 0.15) is 25.7 Å². The number of rotatable bonds is 0. The summed E-state index contributed by atoms with van der Waals surface area (Å²) in [5.74, 6) is 0.154. The van der Waals surface area contributed by atoms with Crippen LogP contribution < -0.4 is 5.32 Å². The minimum atomic E-state index is 0.154. The number of carbonyl (C=O) groups excluding carboxylic acids is 1. The molecule has 0 aromatic heterocycles. The second-order valence-corrected chi connectivity index (χ2v) is 3.04. The Labute approximate surface area is 66.0 Å². The van der Waals surface area contributed by atoms with Crippen LogP contribution in [0.2, 0.25) is 0 Å². The van der Waals surface area contributed by atoms with Gasteiger partial charge in [0.25, 0.3) is 0 Å². The van der Waals surface area contributed by atoms with E-state index in [0.717, 1.165) is 18.5 Å². The monoisotopic (exact) mass is 149 g/mol. The van der Waals surface area contributed by atoms with Crippen molar-refractivity contribution in [3.63, 3.8) is 0 Å². The van der Waals surface area contributed by atoms with E-state index in [-0.39, 0.29) is 5.91 Å². The Morgan fingerprint density at radius 2 is 2.36 bits per heavy atom. The summed E-state index contributed by atoms with van der Waals surface area (Å²) in [4.78, 5) is 10.9. The van der Waals surface area contributed by atoms with Crippen LogP contribution >= 0.6 is 0 Å².